The largest absolute Gasteiger partial charge is 0.385 e. The van der Waals surface area contributed by atoms with Crippen molar-refractivity contribution in [3.8, 4) is 12.3 Å². The molecule has 0 bridgehead atoms. The third kappa shape index (κ3) is 2.87. The second kappa shape index (κ2) is 4.63. The van der Waals surface area contributed by atoms with Crippen LogP contribution in [0.5, 0.6) is 0 Å². The van der Waals surface area contributed by atoms with Gasteiger partial charge < -0.3 is 5.11 Å². The summed E-state index contributed by atoms with van der Waals surface area (Å²) in [6.07, 6.45) is 7.52. The van der Waals surface area contributed by atoms with Crippen molar-refractivity contribution in [2.45, 2.75) is 38.7 Å². The lowest BCUT2D eigenvalue weighted by molar-refractivity contribution is 0.0498. The van der Waals surface area contributed by atoms with Crippen LogP contribution in [0.25, 0.3) is 0 Å². The molecule has 76 valence electrons. The summed E-state index contributed by atoms with van der Waals surface area (Å²) in [7, 11) is 0. The molecule has 0 aromatic carbocycles. The molecule has 0 aliphatic heterocycles. The summed E-state index contributed by atoms with van der Waals surface area (Å²) in [4.78, 5) is 2.27. The van der Waals surface area contributed by atoms with E-state index in [0.717, 1.165) is 24.1 Å². The van der Waals surface area contributed by atoms with E-state index < -0.39 is 5.60 Å². The highest BCUT2D eigenvalue weighted by Gasteiger charge is 2.23. The van der Waals surface area contributed by atoms with Gasteiger partial charge in [-0.15, -0.1) is 23.7 Å². The van der Waals surface area contributed by atoms with Gasteiger partial charge in [-0.2, -0.15) is 0 Å². The highest BCUT2D eigenvalue weighted by Crippen LogP contribution is 2.31. The molecule has 14 heavy (non-hydrogen) atoms. The van der Waals surface area contributed by atoms with Crippen LogP contribution in [0.15, 0.2) is 12.1 Å². The Morgan fingerprint density at radius 1 is 1.57 bits per heavy atom. The molecular formula is C12H16OS. The van der Waals surface area contributed by atoms with Gasteiger partial charge in [-0.25, -0.2) is 0 Å². The van der Waals surface area contributed by atoms with Crippen LogP contribution in [0.3, 0.4) is 0 Å². The molecule has 0 saturated carbocycles. The van der Waals surface area contributed by atoms with E-state index in [1.54, 1.807) is 11.3 Å². The van der Waals surface area contributed by atoms with Crippen LogP contribution < -0.4 is 0 Å². The van der Waals surface area contributed by atoms with E-state index in [1.807, 2.05) is 26.0 Å². The minimum absolute atomic E-state index is 0.713. The molecule has 0 amide bonds. The van der Waals surface area contributed by atoms with Gasteiger partial charge in [-0.05, 0) is 38.8 Å². The molecule has 2 heteroatoms. The van der Waals surface area contributed by atoms with Gasteiger partial charge in [0, 0.05) is 16.2 Å². The molecule has 1 aromatic heterocycles. The first-order chi connectivity index (χ1) is 6.56. The molecule has 1 atom stereocenters. The molecule has 1 rings (SSSR count). The summed E-state index contributed by atoms with van der Waals surface area (Å²) < 4.78 is 0. The van der Waals surface area contributed by atoms with Gasteiger partial charge in [0.2, 0.25) is 0 Å². The molecule has 1 aromatic rings. The van der Waals surface area contributed by atoms with E-state index in [-0.39, 0.29) is 0 Å². The van der Waals surface area contributed by atoms with Crippen molar-refractivity contribution in [3.05, 3.63) is 21.9 Å². The van der Waals surface area contributed by atoms with Crippen molar-refractivity contribution >= 4 is 11.3 Å². The van der Waals surface area contributed by atoms with Crippen LogP contribution in [0, 0.1) is 19.3 Å². The maximum Gasteiger partial charge on any atom is 0.0960 e. The Morgan fingerprint density at radius 3 is 2.79 bits per heavy atom. The Balaban J connectivity index is 2.61. The van der Waals surface area contributed by atoms with E-state index in [4.69, 9.17) is 6.42 Å². The number of aliphatic hydroxyl groups is 1. The highest BCUT2D eigenvalue weighted by molar-refractivity contribution is 7.12. The third-order valence-corrected chi connectivity index (χ3v) is 3.51. The number of unbranched alkanes of at least 4 members (excludes halogenated alkanes) is 1. The number of hydrogen-bond donors (Lipinski definition) is 1. The van der Waals surface area contributed by atoms with Crippen molar-refractivity contribution in [2.24, 2.45) is 0 Å². The van der Waals surface area contributed by atoms with Crippen LogP contribution in [0.2, 0.25) is 0 Å². The lowest BCUT2D eigenvalue weighted by Crippen LogP contribution is -2.19. The zero-order valence-corrected chi connectivity index (χ0v) is 9.53. The van der Waals surface area contributed by atoms with E-state index in [9.17, 15) is 5.11 Å². The molecule has 1 unspecified atom stereocenters. The standard InChI is InChI=1S/C12H16OS/c1-4-5-6-9-12(3,13)11-8-7-10(2)14-11/h1,7-8,13H,5-6,9H2,2-3H3. The van der Waals surface area contributed by atoms with Crippen molar-refractivity contribution in [1.82, 2.24) is 0 Å². The number of hydrogen-bond acceptors (Lipinski definition) is 2. The monoisotopic (exact) mass is 208 g/mol. The van der Waals surface area contributed by atoms with Crippen LogP contribution in [-0.4, -0.2) is 5.11 Å². The van der Waals surface area contributed by atoms with Crippen LogP contribution >= 0.6 is 11.3 Å². The second-order valence-electron chi connectivity index (χ2n) is 3.74. The van der Waals surface area contributed by atoms with Gasteiger partial charge in [0.1, 0.15) is 0 Å². The number of thiophene rings is 1. The normalized spacial score (nSPS) is 14.7. The topological polar surface area (TPSA) is 20.2 Å². The molecule has 0 saturated heterocycles. The van der Waals surface area contributed by atoms with Crippen molar-refractivity contribution in [2.75, 3.05) is 0 Å². The number of aryl methyl sites for hydroxylation is 1. The zero-order chi connectivity index (χ0) is 10.6. The molecule has 0 fully saturated rings. The van der Waals surface area contributed by atoms with Crippen molar-refractivity contribution in [3.63, 3.8) is 0 Å². The third-order valence-electron chi connectivity index (χ3n) is 2.26. The molecule has 0 aliphatic carbocycles. The Bertz CT molecular complexity index is 330. The quantitative estimate of drug-likeness (QED) is 0.595. The van der Waals surface area contributed by atoms with Gasteiger partial charge in [0.15, 0.2) is 0 Å². The van der Waals surface area contributed by atoms with Crippen molar-refractivity contribution in [1.29, 1.82) is 0 Å². The van der Waals surface area contributed by atoms with Gasteiger partial charge in [-0.1, -0.05) is 0 Å². The Morgan fingerprint density at radius 2 is 2.29 bits per heavy atom. The van der Waals surface area contributed by atoms with E-state index in [1.165, 1.54) is 4.88 Å². The summed E-state index contributed by atoms with van der Waals surface area (Å²) in [6, 6.07) is 4.03. The Labute approximate surface area is 89.8 Å². The van der Waals surface area contributed by atoms with E-state index in [0.29, 0.717) is 0 Å². The van der Waals surface area contributed by atoms with Crippen LogP contribution in [-0.2, 0) is 5.60 Å². The predicted molar refractivity (Wildman–Crippen MR) is 61.3 cm³/mol. The average Bonchev–Trinajstić information content (AvgIpc) is 2.53. The molecular weight excluding hydrogens is 192 g/mol. The average molecular weight is 208 g/mol. The highest BCUT2D eigenvalue weighted by atomic mass is 32.1. The van der Waals surface area contributed by atoms with Gasteiger partial charge in [-0.3, -0.25) is 0 Å². The fraction of sp³-hybridized carbons (Fsp3) is 0.500. The molecule has 1 nitrogen and oxygen atoms in total. The zero-order valence-electron chi connectivity index (χ0n) is 8.71. The predicted octanol–water partition coefficient (Wildman–Crippen LogP) is 3.07. The first-order valence-corrected chi connectivity index (χ1v) is 5.60. The minimum atomic E-state index is -0.713. The van der Waals surface area contributed by atoms with Gasteiger partial charge in [0.25, 0.3) is 0 Å². The maximum absolute atomic E-state index is 10.2. The fourth-order valence-electron chi connectivity index (χ4n) is 1.38. The number of terminal acetylenes is 1. The van der Waals surface area contributed by atoms with Crippen LogP contribution in [0.1, 0.15) is 35.9 Å². The van der Waals surface area contributed by atoms with Crippen molar-refractivity contribution < 1.29 is 5.11 Å². The summed E-state index contributed by atoms with van der Waals surface area (Å²) in [5.41, 5.74) is -0.713. The second-order valence-corrected chi connectivity index (χ2v) is 5.03. The lowest BCUT2D eigenvalue weighted by atomic mass is 9.97. The smallest absolute Gasteiger partial charge is 0.0960 e. The molecule has 1 heterocycles. The Hall–Kier alpha value is -0.780. The van der Waals surface area contributed by atoms with E-state index >= 15 is 0 Å². The van der Waals surface area contributed by atoms with E-state index in [2.05, 4.69) is 5.92 Å². The summed E-state index contributed by atoms with van der Waals surface area (Å²) in [5.74, 6) is 2.59. The lowest BCUT2D eigenvalue weighted by Gasteiger charge is -2.21. The fourth-order valence-corrected chi connectivity index (χ4v) is 2.32. The molecule has 0 radical (unpaired) electrons. The maximum atomic E-state index is 10.2. The Kier molecular flexibility index (Phi) is 3.74. The molecule has 0 spiro atoms. The molecule has 0 aliphatic rings. The SMILES string of the molecule is C#CCCCC(C)(O)c1ccc(C)s1. The van der Waals surface area contributed by atoms with Crippen LogP contribution in [0.4, 0.5) is 0 Å². The summed E-state index contributed by atoms with van der Waals surface area (Å²) in [6.45, 7) is 3.90. The first-order valence-electron chi connectivity index (χ1n) is 4.79. The van der Waals surface area contributed by atoms with Gasteiger partial charge >= 0.3 is 0 Å². The summed E-state index contributed by atoms with van der Waals surface area (Å²) in [5, 5.41) is 10.2. The molecule has 1 N–H and O–H groups in total. The summed E-state index contributed by atoms with van der Waals surface area (Å²) >= 11 is 1.65. The first kappa shape index (κ1) is 11.3. The van der Waals surface area contributed by atoms with Gasteiger partial charge in [0.05, 0.1) is 5.60 Å². The number of rotatable bonds is 4. The minimum Gasteiger partial charge on any atom is -0.385 e.